The Morgan fingerprint density at radius 1 is 0.838 bits per heavy atom. The summed E-state index contributed by atoms with van der Waals surface area (Å²) in [6.07, 6.45) is 8.94. The Morgan fingerprint density at radius 3 is 2.03 bits per heavy atom. The fourth-order valence-corrected chi connectivity index (χ4v) is 6.39. The van der Waals surface area contributed by atoms with E-state index in [2.05, 4.69) is 23.6 Å². The maximum atomic E-state index is 13.5. The van der Waals surface area contributed by atoms with Crippen molar-refractivity contribution in [2.45, 2.75) is 90.4 Å². The zero-order chi connectivity index (χ0) is 25.9. The second-order valence-electron chi connectivity index (χ2n) is 10.8. The molecule has 6 nitrogen and oxygen atoms in total. The van der Waals surface area contributed by atoms with Crippen LogP contribution in [-0.2, 0) is 13.1 Å². The Balaban J connectivity index is 1.67. The first kappa shape index (κ1) is 25.8. The van der Waals surface area contributed by atoms with E-state index in [0.29, 0.717) is 47.6 Å². The molecule has 0 amide bonds. The minimum atomic E-state index is -0.281. The Kier molecular flexibility index (Phi) is 7.87. The molecule has 2 N–H and O–H groups in total. The SMILES string of the molecule is CC[C@@H]1CCCCN1Cc1c(O)c(CN2CCCC[C@@H]2CC)c(O)c2c(=O)cc(-c3ccccc3)oc12. The van der Waals surface area contributed by atoms with Gasteiger partial charge < -0.3 is 14.6 Å². The summed E-state index contributed by atoms with van der Waals surface area (Å²) >= 11 is 0. The van der Waals surface area contributed by atoms with Crippen LogP contribution in [0, 0.1) is 0 Å². The average Bonchev–Trinajstić information content (AvgIpc) is 2.93. The van der Waals surface area contributed by atoms with Gasteiger partial charge in [-0.15, -0.1) is 0 Å². The van der Waals surface area contributed by atoms with Gasteiger partial charge in [-0.2, -0.15) is 0 Å². The minimum absolute atomic E-state index is 0.0687. The zero-order valence-corrected chi connectivity index (χ0v) is 22.2. The zero-order valence-electron chi connectivity index (χ0n) is 22.2. The van der Waals surface area contributed by atoms with Crippen LogP contribution in [0.1, 0.15) is 76.3 Å². The van der Waals surface area contributed by atoms with Crippen molar-refractivity contribution >= 4 is 11.0 Å². The molecule has 0 saturated carbocycles. The highest BCUT2D eigenvalue weighted by Gasteiger charge is 2.30. The third-order valence-electron chi connectivity index (χ3n) is 8.54. The van der Waals surface area contributed by atoms with Crippen molar-refractivity contribution in [1.29, 1.82) is 0 Å². The lowest BCUT2D eigenvalue weighted by molar-refractivity contribution is 0.130. The maximum absolute atomic E-state index is 13.5. The summed E-state index contributed by atoms with van der Waals surface area (Å²) in [5.74, 6) is 0.369. The van der Waals surface area contributed by atoms with E-state index in [9.17, 15) is 15.0 Å². The predicted molar refractivity (Wildman–Crippen MR) is 148 cm³/mol. The topological polar surface area (TPSA) is 77.1 Å². The molecule has 2 saturated heterocycles. The molecule has 37 heavy (non-hydrogen) atoms. The Morgan fingerprint density at radius 2 is 1.43 bits per heavy atom. The van der Waals surface area contributed by atoms with Crippen LogP contribution >= 0.6 is 0 Å². The van der Waals surface area contributed by atoms with Crippen LogP contribution in [-0.4, -0.2) is 45.2 Å². The first-order valence-corrected chi connectivity index (χ1v) is 14.1. The third-order valence-corrected chi connectivity index (χ3v) is 8.54. The second kappa shape index (κ2) is 11.3. The van der Waals surface area contributed by atoms with Crippen LogP contribution in [0.2, 0.25) is 0 Å². The van der Waals surface area contributed by atoms with E-state index in [-0.39, 0.29) is 22.3 Å². The smallest absolute Gasteiger partial charge is 0.197 e. The molecule has 0 unspecified atom stereocenters. The highest BCUT2D eigenvalue weighted by atomic mass is 16.3. The number of aromatic hydroxyl groups is 2. The van der Waals surface area contributed by atoms with E-state index in [0.717, 1.165) is 57.2 Å². The molecule has 2 aliphatic rings. The summed E-state index contributed by atoms with van der Waals surface area (Å²) in [4.78, 5) is 18.3. The molecule has 2 atom stereocenters. The van der Waals surface area contributed by atoms with E-state index in [4.69, 9.17) is 4.42 Å². The number of piperidine rings is 2. The Hall–Kier alpha value is -2.83. The fraction of sp³-hybridized carbons (Fsp3) is 0.516. The summed E-state index contributed by atoms with van der Waals surface area (Å²) in [7, 11) is 0. The van der Waals surface area contributed by atoms with Crippen molar-refractivity contribution in [3.05, 3.63) is 57.7 Å². The van der Waals surface area contributed by atoms with E-state index in [1.54, 1.807) is 0 Å². The number of phenolic OH excluding ortho intramolecular Hbond substituents is 2. The quantitative estimate of drug-likeness (QED) is 0.388. The summed E-state index contributed by atoms with van der Waals surface area (Å²) in [6.45, 7) is 7.19. The molecule has 2 aliphatic heterocycles. The van der Waals surface area contributed by atoms with Crippen LogP contribution in [0.5, 0.6) is 11.5 Å². The van der Waals surface area contributed by atoms with Crippen LogP contribution in [0.4, 0.5) is 0 Å². The first-order valence-electron chi connectivity index (χ1n) is 14.1. The van der Waals surface area contributed by atoms with E-state index in [1.165, 1.54) is 18.9 Å². The maximum Gasteiger partial charge on any atom is 0.197 e. The molecular formula is C31H40N2O4. The normalized spacial score (nSPS) is 21.5. The molecule has 5 rings (SSSR count). The Bertz CT molecular complexity index is 1290. The number of likely N-dealkylation sites (tertiary alicyclic amines) is 2. The molecule has 6 heteroatoms. The van der Waals surface area contributed by atoms with Crippen molar-refractivity contribution in [1.82, 2.24) is 9.80 Å². The van der Waals surface area contributed by atoms with Crippen molar-refractivity contribution in [3.8, 4) is 22.8 Å². The molecule has 0 aliphatic carbocycles. The second-order valence-corrected chi connectivity index (χ2v) is 10.8. The van der Waals surface area contributed by atoms with E-state index >= 15 is 0 Å². The summed E-state index contributed by atoms with van der Waals surface area (Å²) < 4.78 is 6.36. The number of nitrogens with zero attached hydrogens (tertiary/aromatic N) is 2. The third kappa shape index (κ3) is 5.14. The summed E-state index contributed by atoms with van der Waals surface area (Å²) in [5.41, 5.74) is 1.88. The standard InChI is InChI=1S/C31H40N2O4/c1-3-22-14-8-10-16-32(22)19-24-29(35)25(20-33-17-11-9-15-23(33)4-2)31-28(30(24)36)26(34)18-27(37-31)21-12-6-5-7-13-21/h5-7,12-13,18,22-23,35-36H,3-4,8-11,14-17,19-20H2,1-2H3/t22-,23+/m0/s1. The van der Waals surface area contributed by atoms with Gasteiger partial charge in [-0.25, -0.2) is 0 Å². The molecule has 0 spiro atoms. The van der Waals surface area contributed by atoms with Gasteiger partial charge in [0.05, 0.1) is 11.1 Å². The van der Waals surface area contributed by atoms with Gasteiger partial charge >= 0.3 is 0 Å². The fourth-order valence-electron chi connectivity index (χ4n) is 6.39. The molecular weight excluding hydrogens is 464 g/mol. The van der Waals surface area contributed by atoms with E-state index < -0.39 is 0 Å². The molecule has 2 fully saturated rings. The van der Waals surface area contributed by atoms with Gasteiger partial charge in [0.2, 0.25) is 0 Å². The van der Waals surface area contributed by atoms with Gasteiger partial charge in [0.15, 0.2) is 11.0 Å². The minimum Gasteiger partial charge on any atom is -0.507 e. The molecule has 0 bridgehead atoms. The number of phenols is 2. The first-order chi connectivity index (χ1) is 18.0. The number of hydrogen-bond acceptors (Lipinski definition) is 6. The number of benzene rings is 2. The monoisotopic (exact) mass is 504 g/mol. The van der Waals surface area contributed by atoms with Gasteiger partial charge in [-0.1, -0.05) is 57.0 Å². The van der Waals surface area contributed by atoms with Gasteiger partial charge in [0.1, 0.15) is 22.6 Å². The van der Waals surface area contributed by atoms with Crippen molar-refractivity contribution in [3.63, 3.8) is 0 Å². The predicted octanol–water partition coefficient (Wildman–Crippen LogP) is 6.40. The molecule has 2 aromatic carbocycles. The highest BCUT2D eigenvalue weighted by Crippen LogP contribution is 2.42. The van der Waals surface area contributed by atoms with E-state index in [1.807, 2.05) is 30.3 Å². The summed E-state index contributed by atoms with van der Waals surface area (Å²) in [5, 5.41) is 23.3. The van der Waals surface area contributed by atoms with Crippen LogP contribution < -0.4 is 5.43 Å². The average molecular weight is 505 g/mol. The lowest BCUT2D eigenvalue weighted by Crippen LogP contribution is -2.39. The lowest BCUT2D eigenvalue weighted by atomic mass is 9.95. The largest absolute Gasteiger partial charge is 0.507 e. The van der Waals surface area contributed by atoms with Crippen LogP contribution in [0.3, 0.4) is 0 Å². The molecule has 3 heterocycles. The summed E-state index contributed by atoms with van der Waals surface area (Å²) in [6, 6.07) is 11.8. The van der Waals surface area contributed by atoms with Crippen LogP contribution in [0.15, 0.2) is 45.6 Å². The van der Waals surface area contributed by atoms with Gasteiger partial charge in [-0.05, 0) is 51.6 Å². The Labute approximate surface area is 219 Å². The van der Waals surface area contributed by atoms with Crippen molar-refractivity contribution in [2.75, 3.05) is 13.1 Å². The highest BCUT2D eigenvalue weighted by molar-refractivity contribution is 5.91. The number of hydrogen-bond donors (Lipinski definition) is 2. The lowest BCUT2D eigenvalue weighted by Gasteiger charge is -2.37. The number of fused-ring (bicyclic) bond motifs is 1. The van der Waals surface area contributed by atoms with Crippen LogP contribution in [0.25, 0.3) is 22.3 Å². The van der Waals surface area contributed by atoms with Crippen molar-refractivity contribution < 1.29 is 14.6 Å². The van der Waals surface area contributed by atoms with Crippen molar-refractivity contribution in [2.24, 2.45) is 0 Å². The van der Waals surface area contributed by atoms with Gasteiger partial charge in [0, 0.05) is 36.8 Å². The van der Waals surface area contributed by atoms with Gasteiger partial charge in [0.25, 0.3) is 0 Å². The molecule has 3 aromatic rings. The molecule has 1 aromatic heterocycles. The molecule has 198 valence electrons. The number of rotatable bonds is 7. The molecule has 0 radical (unpaired) electrons. The van der Waals surface area contributed by atoms with Gasteiger partial charge in [-0.3, -0.25) is 14.6 Å².